The minimum Gasteiger partial charge on any atom is -0.0683 e. The molecule has 1 rings (SSSR count). The van der Waals surface area contributed by atoms with Gasteiger partial charge in [-0.25, -0.2) is 0 Å². The van der Waals surface area contributed by atoms with Gasteiger partial charge in [0, 0.05) is 0 Å². The van der Waals surface area contributed by atoms with E-state index in [0.717, 1.165) is 0 Å². The minimum atomic E-state index is 0.654. The van der Waals surface area contributed by atoms with Crippen LogP contribution < -0.4 is 0 Å². The van der Waals surface area contributed by atoms with Crippen molar-refractivity contribution in [3.63, 3.8) is 0 Å². The van der Waals surface area contributed by atoms with Crippen LogP contribution in [0.5, 0.6) is 0 Å². The van der Waals surface area contributed by atoms with Crippen molar-refractivity contribution in [2.75, 3.05) is 0 Å². The van der Waals surface area contributed by atoms with E-state index in [-0.39, 0.29) is 0 Å². The first-order valence-electron chi connectivity index (χ1n) is 6.33. The summed E-state index contributed by atoms with van der Waals surface area (Å²) in [6.07, 6.45) is 3.82. The molecule has 0 saturated carbocycles. The fourth-order valence-electron chi connectivity index (χ4n) is 1.49. The molecule has 0 nitrogen and oxygen atoms in total. The van der Waals surface area contributed by atoms with E-state index >= 15 is 0 Å². The van der Waals surface area contributed by atoms with Crippen molar-refractivity contribution < 1.29 is 0 Å². The third-order valence-corrected chi connectivity index (χ3v) is 2.44. The lowest BCUT2D eigenvalue weighted by Gasteiger charge is -2.07. The number of aryl methyl sites for hydroxylation is 1. The predicted octanol–water partition coefficient (Wildman–Crippen LogP) is 5.18. The van der Waals surface area contributed by atoms with Crippen LogP contribution in [0.15, 0.2) is 24.3 Å². The summed E-state index contributed by atoms with van der Waals surface area (Å²) in [7, 11) is 0. The molecule has 0 spiro atoms. The van der Waals surface area contributed by atoms with Crippen LogP contribution in [0.3, 0.4) is 0 Å². The Morgan fingerprint density at radius 1 is 1.13 bits per heavy atom. The highest BCUT2D eigenvalue weighted by Gasteiger charge is 1.99. The second kappa shape index (κ2) is 8.52. The van der Waals surface area contributed by atoms with Crippen molar-refractivity contribution in [2.45, 2.75) is 59.8 Å². The SMILES string of the molecule is CC.CCCCc1cccc(C(C)C)c1. The Morgan fingerprint density at radius 2 is 1.80 bits per heavy atom. The van der Waals surface area contributed by atoms with E-state index in [1.165, 1.54) is 30.4 Å². The highest BCUT2D eigenvalue weighted by Crippen LogP contribution is 2.16. The van der Waals surface area contributed by atoms with Crippen LogP contribution >= 0.6 is 0 Å². The lowest BCUT2D eigenvalue weighted by molar-refractivity contribution is 0.789. The maximum atomic E-state index is 2.35. The molecule has 0 heterocycles. The highest BCUT2D eigenvalue weighted by molar-refractivity contribution is 5.25. The summed E-state index contributed by atoms with van der Waals surface area (Å²) in [6.45, 7) is 10.7. The van der Waals surface area contributed by atoms with Gasteiger partial charge in [0.05, 0.1) is 0 Å². The molecule has 1 aromatic carbocycles. The molecule has 86 valence electrons. The van der Waals surface area contributed by atoms with Gasteiger partial charge < -0.3 is 0 Å². The Hall–Kier alpha value is -0.780. The summed E-state index contributed by atoms with van der Waals surface area (Å²) in [4.78, 5) is 0. The van der Waals surface area contributed by atoms with Crippen LogP contribution in [0.2, 0.25) is 0 Å². The van der Waals surface area contributed by atoms with Crippen LogP contribution in [-0.2, 0) is 6.42 Å². The molecular weight excluding hydrogens is 180 g/mol. The van der Waals surface area contributed by atoms with E-state index in [4.69, 9.17) is 0 Å². The van der Waals surface area contributed by atoms with Gasteiger partial charge in [-0.15, -0.1) is 0 Å². The zero-order valence-electron chi connectivity index (χ0n) is 11.0. The van der Waals surface area contributed by atoms with Crippen LogP contribution in [0.4, 0.5) is 0 Å². The van der Waals surface area contributed by atoms with Gasteiger partial charge in [-0.1, -0.05) is 65.3 Å². The number of rotatable bonds is 4. The lowest BCUT2D eigenvalue weighted by Crippen LogP contribution is -1.90. The van der Waals surface area contributed by atoms with Gasteiger partial charge in [0.25, 0.3) is 0 Å². The Kier molecular flexibility index (Phi) is 8.08. The molecule has 0 heteroatoms. The molecular formula is C15H26. The summed E-state index contributed by atoms with van der Waals surface area (Å²) in [5, 5.41) is 0. The number of hydrogen-bond acceptors (Lipinski definition) is 0. The largest absolute Gasteiger partial charge is 0.0683 e. The summed E-state index contributed by atoms with van der Waals surface area (Å²) >= 11 is 0. The van der Waals surface area contributed by atoms with Crippen LogP contribution in [0.25, 0.3) is 0 Å². The second-order valence-electron chi connectivity index (χ2n) is 4.00. The average Bonchev–Trinajstić information content (AvgIpc) is 2.29. The van der Waals surface area contributed by atoms with E-state index in [0.29, 0.717) is 5.92 Å². The fraction of sp³-hybridized carbons (Fsp3) is 0.600. The minimum absolute atomic E-state index is 0.654. The first-order chi connectivity index (χ1) is 7.24. The Balaban J connectivity index is 0.000000921. The van der Waals surface area contributed by atoms with Gasteiger partial charge in [0.2, 0.25) is 0 Å². The molecule has 0 aliphatic heterocycles. The Morgan fingerprint density at radius 3 is 2.33 bits per heavy atom. The van der Waals surface area contributed by atoms with Crippen LogP contribution in [0, 0.1) is 0 Å². The summed E-state index contributed by atoms with van der Waals surface area (Å²) < 4.78 is 0. The Labute approximate surface area is 95.7 Å². The molecule has 0 aromatic heterocycles. The molecule has 0 atom stereocenters. The topological polar surface area (TPSA) is 0 Å². The standard InChI is InChI=1S/C13H20.C2H6/c1-4-5-7-12-8-6-9-13(10-12)11(2)3;1-2/h6,8-11H,4-5,7H2,1-3H3;1-2H3. The molecule has 15 heavy (non-hydrogen) atoms. The molecule has 0 unspecified atom stereocenters. The van der Waals surface area contributed by atoms with Gasteiger partial charge in [0.15, 0.2) is 0 Å². The van der Waals surface area contributed by atoms with E-state index in [9.17, 15) is 0 Å². The molecule has 0 bridgehead atoms. The van der Waals surface area contributed by atoms with Crippen molar-refractivity contribution in [1.29, 1.82) is 0 Å². The van der Waals surface area contributed by atoms with E-state index in [1.54, 1.807) is 0 Å². The maximum Gasteiger partial charge on any atom is -0.0219 e. The van der Waals surface area contributed by atoms with Gasteiger partial charge in [-0.3, -0.25) is 0 Å². The van der Waals surface area contributed by atoms with Crippen molar-refractivity contribution in [2.24, 2.45) is 0 Å². The molecule has 0 fully saturated rings. The van der Waals surface area contributed by atoms with E-state index in [2.05, 4.69) is 45.0 Å². The average molecular weight is 206 g/mol. The fourth-order valence-corrected chi connectivity index (χ4v) is 1.49. The Bertz CT molecular complexity index is 248. The molecule has 0 amide bonds. The van der Waals surface area contributed by atoms with Gasteiger partial charge >= 0.3 is 0 Å². The third-order valence-electron chi connectivity index (χ3n) is 2.44. The quantitative estimate of drug-likeness (QED) is 0.637. The molecule has 0 aliphatic carbocycles. The van der Waals surface area contributed by atoms with Crippen LogP contribution in [0.1, 0.15) is 64.5 Å². The first kappa shape index (κ1) is 14.2. The summed E-state index contributed by atoms with van der Waals surface area (Å²) in [5.74, 6) is 0.654. The monoisotopic (exact) mass is 206 g/mol. The zero-order chi connectivity index (χ0) is 11.7. The molecule has 0 N–H and O–H groups in total. The van der Waals surface area contributed by atoms with Crippen molar-refractivity contribution >= 4 is 0 Å². The lowest BCUT2D eigenvalue weighted by atomic mass is 9.99. The van der Waals surface area contributed by atoms with Gasteiger partial charge in [-0.05, 0) is 29.9 Å². The third kappa shape index (κ3) is 5.61. The molecule has 0 aliphatic rings. The van der Waals surface area contributed by atoms with E-state index in [1.807, 2.05) is 13.8 Å². The van der Waals surface area contributed by atoms with Gasteiger partial charge in [-0.2, -0.15) is 0 Å². The first-order valence-corrected chi connectivity index (χ1v) is 6.33. The number of unbranched alkanes of at least 4 members (excludes halogenated alkanes) is 1. The molecule has 1 aromatic rings. The summed E-state index contributed by atoms with van der Waals surface area (Å²) in [6, 6.07) is 8.99. The van der Waals surface area contributed by atoms with Crippen molar-refractivity contribution in [1.82, 2.24) is 0 Å². The summed E-state index contributed by atoms with van der Waals surface area (Å²) in [5.41, 5.74) is 2.96. The van der Waals surface area contributed by atoms with Gasteiger partial charge in [0.1, 0.15) is 0 Å². The van der Waals surface area contributed by atoms with Crippen molar-refractivity contribution in [3.05, 3.63) is 35.4 Å². The van der Waals surface area contributed by atoms with E-state index < -0.39 is 0 Å². The molecule has 0 radical (unpaired) electrons. The molecule has 0 saturated heterocycles. The predicted molar refractivity (Wildman–Crippen MR) is 70.5 cm³/mol. The van der Waals surface area contributed by atoms with Crippen LogP contribution in [-0.4, -0.2) is 0 Å². The smallest absolute Gasteiger partial charge is 0.0219 e. The zero-order valence-corrected chi connectivity index (χ0v) is 11.0. The second-order valence-corrected chi connectivity index (χ2v) is 4.00. The number of benzene rings is 1. The number of hydrogen-bond donors (Lipinski definition) is 0. The normalized spacial score (nSPS) is 9.73. The highest BCUT2D eigenvalue weighted by atomic mass is 14.0. The van der Waals surface area contributed by atoms with Crippen molar-refractivity contribution in [3.8, 4) is 0 Å². The maximum absolute atomic E-state index is 2.35.